The molecule has 0 aromatic heterocycles. The van der Waals surface area contributed by atoms with Crippen LogP contribution in [0.4, 0.5) is 22.7 Å². The number of anilines is 4. The Morgan fingerprint density at radius 2 is 1.84 bits per heavy atom. The standard InChI is InChI=1S/C15H16N4/c1-19(2)14-5-3-4-12(9-14)18-13-6-7-15(17)11(8-13)10-16/h3-9,18H,17H2,1-2H3. The quantitative estimate of drug-likeness (QED) is 0.824. The smallest absolute Gasteiger partial charge is 0.101 e. The van der Waals surface area contributed by atoms with E-state index in [-0.39, 0.29) is 0 Å². The number of nitriles is 1. The van der Waals surface area contributed by atoms with Crippen LogP contribution in [0.3, 0.4) is 0 Å². The van der Waals surface area contributed by atoms with E-state index < -0.39 is 0 Å². The zero-order valence-corrected chi connectivity index (χ0v) is 11.0. The van der Waals surface area contributed by atoms with Crippen molar-refractivity contribution in [3.63, 3.8) is 0 Å². The van der Waals surface area contributed by atoms with Crippen LogP contribution >= 0.6 is 0 Å². The second-order valence-corrected chi connectivity index (χ2v) is 4.48. The third kappa shape index (κ3) is 2.96. The summed E-state index contributed by atoms with van der Waals surface area (Å²) in [4.78, 5) is 2.04. The average Bonchev–Trinajstić information content (AvgIpc) is 2.41. The van der Waals surface area contributed by atoms with E-state index in [4.69, 9.17) is 11.0 Å². The fraction of sp³-hybridized carbons (Fsp3) is 0.133. The summed E-state index contributed by atoms with van der Waals surface area (Å²) in [5.74, 6) is 0. The SMILES string of the molecule is CN(C)c1cccc(Nc2ccc(N)c(C#N)c2)c1. The van der Waals surface area contributed by atoms with Crippen molar-refractivity contribution < 1.29 is 0 Å². The number of hydrogen-bond donors (Lipinski definition) is 2. The third-order valence-electron chi connectivity index (χ3n) is 2.82. The Labute approximate surface area is 113 Å². The Morgan fingerprint density at radius 1 is 1.11 bits per heavy atom. The third-order valence-corrected chi connectivity index (χ3v) is 2.82. The molecular weight excluding hydrogens is 236 g/mol. The Bertz CT molecular complexity index is 626. The van der Waals surface area contributed by atoms with Gasteiger partial charge in [-0.1, -0.05) is 6.07 Å². The maximum Gasteiger partial charge on any atom is 0.101 e. The van der Waals surface area contributed by atoms with E-state index in [1.54, 1.807) is 12.1 Å². The fourth-order valence-electron chi connectivity index (χ4n) is 1.76. The molecule has 4 heteroatoms. The molecule has 0 unspecified atom stereocenters. The molecule has 0 atom stereocenters. The van der Waals surface area contributed by atoms with Crippen molar-refractivity contribution in [2.24, 2.45) is 0 Å². The molecular formula is C15H16N4. The van der Waals surface area contributed by atoms with Crippen molar-refractivity contribution in [3.8, 4) is 6.07 Å². The molecule has 19 heavy (non-hydrogen) atoms. The molecule has 3 N–H and O–H groups in total. The lowest BCUT2D eigenvalue weighted by Crippen LogP contribution is -2.08. The molecule has 96 valence electrons. The Hall–Kier alpha value is -2.67. The molecule has 2 aromatic rings. The van der Waals surface area contributed by atoms with Crippen LogP contribution in [0.5, 0.6) is 0 Å². The topological polar surface area (TPSA) is 65.1 Å². The zero-order chi connectivity index (χ0) is 13.8. The van der Waals surface area contributed by atoms with Gasteiger partial charge >= 0.3 is 0 Å². The lowest BCUT2D eigenvalue weighted by Gasteiger charge is -2.14. The van der Waals surface area contributed by atoms with Crippen molar-refractivity contribution >= 4 is 22.7 Å². The lowest BCUT2D eigenvalue weighted by molar-refractivity contribution is 1.13. The highest BCUT2D eigenvalue weighted by atomic mass is 15.1. The summed E-state index contributed by atoms with van der Waals surface area (Å²) in [5, 5.41) is 12.2. The molecule has 2 rings (SSSR count). The predicted molar refractivity (Wildman–Crippen MR) is 79.6 cm³/mol. The Kier molecular flexibility index (Phi) is 3.58. The van der Waals surface area contributed by atoms with E-state index in [2.05, 4.69) is 11.4 Å². The second-order valence-electron chi connectivity index (χ2n) is 4.48. The van der Waals surface area contributed by atoms with Gasteiger partial charge < -0.3 is 16.0 Å². The fourth-order valence-corrected chi connectivity index (χ4v) is 1.76. The first-order valence-electron chi connectivity index (χ1n) is 5.94. The summed E-state index contributed by atoms with van der Waals surface area (Å²) < 4.78 is 0. The van der Waals surface area contributed by atoms with Gasteiger partial charge in [0, 0.05) is 36.8 Å². The largest absolute Gasteiger partial charge is 0.398 e. The van der Waals surface area contributed by atoms with E-state index >= 15 is 0 Å². The lowest BCUT2D eigenvalue weighted by atomic mass is 10.1. The summed E-state index contributed by atoms with van der Waals surface area (Å²) in [6.45, 7) is 0. The van der Waals surface area contributed by atoms with Gasteiger partial charge in [-0.25, -0.2) is 0 Å². The molecule has 0 aliphatic carbocycles. The number of nitrogen functional groups attached to an aromatic ring is 1. The minimum absolute atomic E-state index is 0.480. The van der Waals surface area contributed by atoms with Crippen LogP contribution in [0.25, 0.3) is 0 Å². The number of hydrogen-bond acceptors (Lipinski definition) is 4. The maximum atomic E-state index is 8.96. The maximum absolute atomic E-state index is 8.96. The highest BCUT2D eigenvalue weighted by Crippen LogP contribution is 2.23. The molecule has 0 saturated carbocycles. The first-order valence-corrected chi connectivity index (χ1v) is 5.94. The van der Waals surface area contributed by atoms with Gasteiger partial charge in [0.15, 0.2) is 0 Å². The minimum atomic E-state index is 0.480. The molecule has 0 spiro atoms. The van der Waals surface area contributed by atoms with Gasteiger partial charge in [0.05, 0.1) is 5.56 Å². The van der Waals surface area contributed by atoms with Crippen molar-refractivity contribution in [2.45, 2.75) is 0 Å². The van der Waals surface area contributed by atoms with Crippen LogP contribution in [0.15, 0.2) is 42.5 Å². The van der Waals surface area contributed by atoms with Crippen LogP contribution in [-0.2, 0) is 0 Å². The molecule has 0 saturated heterocycles. The molecule has 0 aliphatic heterocycles. The van der Waals surface area contributed by atoms with E-state index in [0.29, 0.717) is 11.3 Å². The predicted octanol–water partition coefficient (Wildman–Crippen LogP) is 2.95. The van der Waals surface area contributed by atoms with Crippen LogP contribution in [-0.4, -0.2) is 14.1 Å². The van der Waals surface area contributed by atoms with Crippen molar-refractivity contribution in [1.29, 1.82) is 5.26 Å². The number of benzene rings is 2. The normalized spacial score (nSPS) is 9.74. The van der Waals surface area contributed by atoms with Gasteiger partial charge in [-0.2, -0.15) is 5.26 Å². The van der Waals surface area contributed by atoms with E-state index in [0.717, 1.165) is 17.1 Å². The van der Waals surface area contributed by atoms with Crippen LogP contribution in [0.2, 0.25) is 0 Å². The van der Waals surface area contributed by atoms with Crippen LogP contribution in [0.1, 0.15) is 5.56 Å². The highest BCUT2D eigenvalue weighted by Gasteiger charge is 2.02. The van der Waals surface area contributed by atoms with Gasteiger partial charge in [-0.05, 0) is 36.4 Å². The summed E-state index contributed by atoms with van der Waals surface area (Å²) in [5.41, 5.74) is 9.61. The molecule has 0 amide bonds. The molecule has 0 aliphatic rings. The second kappa shape index (κ2) is 5.32. The van der Waals surface area contributed by atoms with Crippen molar-refractivity contribution in [3.05, 3.63) is 48.0 Å². The van der Waals surface area contributed by atoms with Crippen molar-refractivity contribution in [1.82, 2.24) is 0 Å². The first kappa shape index (κ1) is 12.8. The molecule has 0 bridgehead atoms. The summed E-state index contributed by atoms with van der Waals surface area (Å²) >= 11 is 0. The van der Waals surface area contributed by atoms with Gasteiger partial charge in [-0.3, -0.25) is 0 Å². The van der Waals surface area contributed by atoms with Gasteiger partial charge in [0.1, 0.15) is 6.07 Å². The van der Waals surface area contributed by atoms with E-state index in [1.165, 1.54) is 0 Å². The van der Waals surface area contributed by atoms with Gasteiger partial charge in [0.25, 0.3) is 0 Å². The number of nitrogens with zero attached hydrogens (tertiary/aromatic N) is 2. The number of nitrogens with two attached hydrogens (primary N) is 1. The minimum Gasteiger partial charge on any atom is -0.398 e. The molecule has 4 nitrogen and oxygen atoms in total. The first-order chi connectivity index (χ1) is 9.10. The van der Waals surface area contributed by atoms with Crippen LogP contribution < -0.4 is 16.0 Å². The zero-order valence-electron chi connectivity index (χ0n) is 11.0. The Morgan fingerprint density at radius 3 is 2.53 bits per heavy atom. The van der Waals surface area contributed by atoms with E-state index in [1.807, 2.05) is 49.3 Å². The summed E-state index contributed by atoms with van der Waals surface area (Å²) in [7, 11) is 3.99. The Balaban J connectivity index is 2.26. The molecule has 0 radical (unpaired) electrons. The van der Waals surface area contributed by atoms with Crippen LogP contribution in [0, 0.1) is 11.3 Å². The van der Waals surface area contributed by atoms with Gasteiger partial charge in [0.2, 0.25) is 0 Å². The monoisotopic (exact) mass is 252 g/mol. The summed E-state index contributed by atoms with van der Waals surface area (Å²) in [6.07, 6.45) is 0. The highest BCUT2D eigenvalue weighted by molar-refractivity contribution is 5.69. The van der Waals surface area contributed by atoms with Crippen molar-refractivity contribution in [2.75, 3.05) is 30.0 Å². The van der Waals surface area contributed by atoms with Gasteiger partial charge in [-0.15, -0.1) is 0 Å². The molecule has 0 heterocycles. The average molecular weight is 252 g/mol. The molecule has 0 fully saturated rings. The number of rotatable bonds is 3. The summed E-state index contributed by atoms with van der Waals surface area (Å²) in [6, 6.07) is 15.5. The number of nitrogens with one attached hydrogen (secondary N) is 1. The molecule has 2 aromatic carbocycles. The van der Waals surface area contributed by atoms with E-state index in [9.17, 15) is 0 Å².